The molecule has 0 bridgehead atoms. The largest absolute Gasteiger partial charge is 0.399 e. The lowest BCUT2D eigenvalue weighted by Gasteiger charge is -2.16. The molecule has 0 aromatic heterocycles. The predicted octanol–water partition coefficient (Wildman–Crippen LogP) is 2.98. The fourth-order valence-electron chi connectivity index (χ4n) is 3.27. The number of anilines is 2. The molecule has 1 aliphatic rings. The summed E-state index contributed by atoms with van der Waals surface area (Å²) in [4.78, 5) is 24.6. The summed E-state index contributed by atoms with van der Waals surface area (Å²) in [5.74, 6) is -0.347. The summed E-state index contributed by atoms with van der Waals surface area (Å²) < 4.78 is 26.8. The van der Waals surface area contributed by atoms with E-state index in [9.17, 15) is 18.0 Å². The molecule has 1 fully saturated rings. The van der Waals surface area contributed by atoms with Crippen LogP contribution in [0.15, 0.2) is 83.8 Å². The highest BCUT2D eigenvalue weighted by Gasteiger charge is 2.38. The molecule has 31 heavy (non-hydrogen) atoms. The number of carbonyl (C=O) groups is 2. The zero-order valence-corrected chi connectivity index (χ0v) is 17.2. The van der Waals surface area contributed by atoms with Gasteiger partial charge in [-0.15, -0.1) is 0 Å². The van der Waals surface area contributed by atoms with E-state index in [1.54, 1.807) is 24.3 Å². The molecule has 1 atom stereocenters. The van der Waals surface area contributed by atoms with Gasteiger partial charge in [0.25, 0.3) is 15.9 Å². The van der Waals surface area contributed by atoms with Gasteiger partial charge in [0.1, 0.15) is 0 Å². The third-order valence-electron chi connectivity index (χ3n) is 4.95. The Morgan fingerprint density at radius 1 is 0.968 bits per heavy atom. The predicted molar refractivity (Wildman–Crippen MR) is 117 cm³/mol. The zero-order valence-electron chi connectivity index (χ0n) is 16.4. The van der Waals surface area contributed by atoms with Crippen molar-refractivity contribution in [1.29, 1.82) is 0 Å². The van der Waals surface area contributed by atoms with E-state index in [2.05, 4.69) is 10.6 Å². The fourth-order valence-corrected chi connectivity index (χ4v) is 4.62. The molecule has 0 aliphatic carbocycles. The van der Waals surface area contributed by atoms with Crippen LogP contribution < -0.4 is 16.4 Å². The molecule has 8 nitrogen and oxygen atoms in total. The van der Waals surface area contributed by atoms with Gasteiger partial charge < -0.3 is 16.4 Å². The Labute approximate surface area is 179 Å². The van der Waals surface area contributed by atoms with Crippen LogP contribution in [0.1, 0.15) is 22.0 Å². The lowest BCUT2D eigenvalue weighted by molar-refractivity contribution is 0.102. The Morgan fingerprint density at radius 3 is 2.26 bits per heavy atom. The van der Waals surface area contributed by atoms with Crippen LogP contribution >= 0.6 is 0 Å². The number of carbonyl (C=O) groups excluding carboxylic acids is 2. The summed E-state index contributed by atoms with van der Waals surface area (Å²) in [6.45, 7) is 0.000799. The number of nitrogens with two attached hydrogens (primary N) is 1. The molecule has 1 aliphatic heterocycles. The number of nitrogens with one attached hydrogen (secondary N) is 2. The Balaban J connectivity index is 1.48. The summed E-state index contributed by atoms with van der Waals surface area (Å²) in [7, 11) is -4.04. The lowest BCUT2D eigenvalue weighted by Crippen LogP contribution is -2.34. The third-order valence-corrected chi connectivity index (χ3v) is 6.71. The van der Waals surface area contributed by atoms with Crippen molar-refractivity contribution in [2.24, 2.45) is 0 Å². The average Bonchev–Trinajstić information content (AvgIpc) is 3.18. The lowest BCUT2D eigenvalue weighted by atomic mass is 10.1. The Bertz CT molecular complexity index is 1210. The van der Waals surface area contributed by atoms with Crippen LogP contribution in [0.4, 0.5) is 16.2 Å². The molecule has 158 valence electrons. The van der Waals surface area contributed by atoms with Gasteiger partial charge in [0.2, 0.25) is 0 Å². The molecular formula is C22H20N4O4S. The Kier molecular flexibility index (Phi) is 5.35. The number of hydrogen-bond acceptors (Lipinski definition) is 5. The summed E-state index contributed by atoms with van der Waals surface area (Å²) >= 11 is 0. The van der Waals surface area contributed by atoms with Crippen LogP contribution in [0.25, 0.3) is 0 Å². The second-order valence-electron chi connectivity index (χ2n) is 7.05. The number of nitrogens with zero attached hydrogens (tertiary/aromatic N) is 1. The van der Waals surface area contributed by atoms with E-state index >= 15 is 0 Å². The molecule has 3 aromatic rings. The van der Waals surface area contributed by atoms with Crippen molar-refractivity contribution in [3.05, 3.63) is 90.0 Å². The van der Waals surface area contributed by atoms with Crippen LogP contribution in [-0.2, 0) is 10.0 Å². The summed E-state index contributed by atoms with van der Waals surface area (Å²) in [5, 5.41) is 5.39. The van der Waals surface area contributed by atoms with Gasteiger partial charge in [-0.1, -0.05) is 30.3 Å². The van der Waals surface area contributed by atoms with E-state index in [-0.39, 0.29) is 17.3 Å². The molecular weight excluding hydrogens is 416 g/mol. The molecule has 4 N–H and O–H groups in total. The molecule has 0 saturated carbocycles. The highest BCUT2D eigenvalue weighted by Crippen LogP contribution is 2.26. The third kappa shape index (κ3) is 4.22. The van der Waals surface area contributed by atoms with Gasteiger partial charge in [-0.3, -0.25) is 4.79 Å². The summed E-state index contributed by atoms with van der Waals surface area (Å²) in [6, 6.07) is 20.2. The summed E-state index contributed by atoms with van der Waals surface area (Å²) in [6.07, 6.45) is 0. The number of nitrogen functional groups attached to an aromatic ring is 1. The SMILES string of the molecule is Nc1ccc(C(=O)Nc2ccc(S(=O)(=O)N3C[C@H](c4ccccc4)NC3=O)cc2)cc1. The molecule has 0 radical (unpaired) electrons. The number of rotatable bonds is 5. The monoisotopic (exact) mass is 436 g/mol. The van der Waals surface area contributed by atoms with E-state index in [4.69, 9.17) is 5.73 Å². The van der Waals surface area contributed by atoms with Crippen molar-refractivity contribution in [3.63, 3.8) is 0 Å². The fraction of sp³-hybridized carbons (Fsp3) is 0.0909. The standard InChI is InChI=1S/C22H20N4O4S/c23-17-8-6-16(7-9-17)21(27)24-18-10-12-19(13-11-18)31(29,30)26-14-20(25-22(26)28)15-4-2-1-3-5-15/h1-13,20H,14,23H2,(H,24,27)(H,25,28)/t20-/m1/s1. The number of sulfonamides is 1. The van der Waals surface area contributed by atoms with Crippen molar-refractivity contribution in [3.8, 4) is 0 Å². The van der Waals surface area contributed by atoms with Crippen molar-refractivity contribution in [2.45, 2.75) is 10.9 Å². The van der Waals surface area contributed by atoms with Gasteiger partial charge in [0.05, 0.1) is 17.5 Å². The highest BCUT2D eigenvalue weighted by atomic mass is 32.2. The molecule has 3 aromatic carbocycles. The second kappa shape index (κ2) is 8.11. The summed E-state index contributed by atoms with van der Waals surface area (Å²) in [5.41, 5.74) is 7.84. The van der Waals surface area contributed by atoms with E-state index in [0.717, 1.165) is 9.87 Å². The zero-order chi connectivity index (χ0) is 22.0. The van der Waals surface area contributed by atoms with Crippen molar-refractivity contribution >= 4 is 33.3 Å². The number of benzene rings is 3. The first-order valence-electron chi connectivity index (χ1n) is 9.50. The van der Waals surface area contributed by atoms with Gasteiger partial charge in [-0.2, -0.15) is 0 Å². The second-order valence-corrected chi connectivity index (χ2v) is 8.91. The molecule has 0 unspecified atom stereocenters. The van der Waals surface area contributed by atoms with Crippen LogP contribution in [0.5, 0.6) is 0 Å². The van der Waals surface area contributed by atoms with E-state index in [1.165, 1.54) is 24.3 Å². The number of hydrogen-bond donors (Lipinski definition) is 3. The molecule has 0 spiro atoms. The smallest absolute Gasteiger partial charge is 0.331 e. The molecule has 3 amide bonds. The average molecular weight is 436 g/mol. The quantitative estimate of drug-likeness (QED) is 0.531. The Morgan fingerprint density at radius 2 is 1.61 bits per heavy atom. The van der Waals surface area contributed by atoms with Crippen molar-refractivity contribution < 1.29 is 18.0 Å². The maximum Gasteiger partial charge on any atom is 0.331 e. The molecule has 1 heterocycles. The molecule has 9 heteroatoms. The van der Waals surface area contributed by atoms with Gasteiger partial charge in [0.15, 0.2) is 0 Å². The first-order valence-corrected chi connectivity index (χ1v) is 10.9. The van der Waals surface area contributed by atoms with E-state index in [0.29, 0.717) is 16.9 Å². The molecule has 1 saturated heterocycles. The maximum atomic E-state index is 13.0. The minimum absolute atomic E-state index is 0.000799. The first-order chi connectivity index (χ1) is 14.8. The Hall–Kier alpha value is -3.85. The number of urea groups is 1. The van der Waals surface area contributed by atoms with Crippen molar-refractivity contribution in [1.82, 2.24) is 9.62 Å². The van der Waals surface area contributed by atoms with Gasteiger partial charge >= 0.3 is 6.03 Å². The maximum absolute atomic E-state index is 13.0. The van der Waals surface area contributed by atoms with Gasteiger partial charge in [-0.25, -0.2) is 17.5 Å². The van der Waals surface area contributed by atoms with Crippen LogP contribution in [0.2, 0.25) is 0 Å². The van der Waals surface area contributed by atoms with E-state index < -0.39 is 22.1 Å². The minimum Gasteiger partial charge on any atom is -0.399 e. The van der Waals surface area contributed by atoms with Crippen LogP contribution in [0, 0.1) is 0 Å². The van der Waals surface area contributed by atoms with Gasteiger partial charge in [0, 0.05) is 16.9 Å². The van der Waals surface area contributed by atoms with Crippen LogP contribution in [0.3, 0.4) is 0 Å². The van der Waals surface area contributed by atoms with Gasteiger partial charge in [-0.05, 0) is 54.1 Å². The minimum atomic E-state index is -4.04. The van der Waals surface area contributed by atoms with Crippen molar-refractivity contribution in [2.75, 3.05) is 17.6 Å². The van der Waals surface area contributed by atoms with Crippen LogP contribution in [-0.4, -0.2) is 31.2 Å². The topological polar surface area (TPSA) is 122 Å². The normalized spacial score (nSPS) is 16.1. The van der Waals surface area contributed by atoms with E-state index in [1.807, 2.05) is 30.3 Å². The number of amides is 3. The molecule has 4 rings (SSSR count). The first kappa shape index (κ1) is 20.4. The highest BCUT2D eigenvalue weighted by molar-refractivity contribution is 7.89.